The van der Waals surface area contributed by atoms with Gasteiger partial charge in [0, 0.05) is 57.0 Å². The minimum atomic E-state index is -0.713. The number of aromatic nitrogens is 1. The summed E-state index contributed by atoms with van der Waals surface area (Å²) in [5.74, 6) is -0.465. The van der Waals surface area contributed by atoms with Crippen molar-refractivity contribution in [3.05, 3.63) is 30.1 Å². The number of likely N-dealkylation sites (tertiary alicyclic amines) is 2. The maximum Gasteiger partial charge on any atom is 0.314 e. The molecule has 0 bridgehead atoms. The van der Waals surface area contributed by atoms with Crippen LogP contribution in [0.5, 0.6) is 0 Å². The summed E-state index contributed by atoms with van der Waals surface area (Å²) < 4.78 is 5.36. The molecule has 0 saturated carbocycles. The van der Waals surface area contributed by atoms with Gasteiger partial charge in [0.15, 0.2) is 0 Å². The summed E-state index contributed by atoms with van der Waals surface area (Å²) in [5, 5.41) is 0. The van der Waals surface area contributed by atoms with Gasteiger partial charge in [-0.25, -0.2) is 0 Å². The molecule has 1 aromatic heterocycles. The van der Waals surface area contributed by atoms with Crippen molar-refractivity contribution >= 4 is 17.8 Å². The third kappa shape index (κ3) is 3.30. The van der Waals surface area contributed by atoms with Gasteiger partial charge in [0.1, 0.15) is 0 Å². The molecule has 140 valence electrons. The van der Waals surface area contributed by atoms with Gasteiger partial charge >= 0.3 is 5.97 Å². The van der Waals surface area contributed by atoms with Gasteiger partial charge in [0.05, 0.1) is 12.0 Å². The van der Waals surface area contributed by atoms with Crippen LogP contribution < -0.4 is 0 Å². The Morgan fingerprint density at radius 3 is 2.58 bits per heavy atom. The molecule has 0 radical (unpaired) electrons. The zero-order valence-corrected chi connectivity index (χ0v) is 15.3. The van der Waals surface area contributed by atoms with E-state index in [-0.39, 0.29) is 23.7 Å². The first-order valence-electron chi connectivity index (χ1n) is 9.10. The van der Waals surface area contributed by atoms with Gasteiger partial charge in [-0.3, -0.25) is 19.4 Å². The molecule has 1 aromatic rings. The van der Waals surface area contributed by atoms with Crippen molar-refractivity contribution in [2.45, 2.75) is 26.7 Å². The summed E-state index contributed by atoms with van der Waals surface area (Å²) >= 11 is 0. The molecular formula is C19H25N3O4. The van der Waals surface area contributed by atoms with E-state index < -0.39 is 5.41 Å². The van der Waals surface area contributed by atoms with Crippen LogP contribution in [0.2, 0.25) is 0 Å². The quantitative estimate of drug-likeness (QED) is 0.761. The van der Waals surface area contributed by atoms with E-state index in [0.29, 0.717) is 51.2 Å². The van der Waals surface area contributed by atoms with Gasteiger partial charge in [0.25, 0.3) is 5.91 Å². The van der Waals surface area contributed by atoms with Crippen LogP contribution in [0.3, 0.4) is 0 Å². The van der Waals surface area contributed by atoms with Crippen molar-refractivity contribution in [1.29, 1.82) is 0 Å². The second-order valence-corrected chi connectivity index (χ2v) is 7.06. The summed E-state index contributed by atoms with van der Waals surface area (Å²) in [7, 11) is 0. The molecule has 2 amide bonds. The number of nitrogens with zero attached hydrogens (tertiary/aromatic N) is 3. The highest BCUT2D eigenvalue weighted by Crippen LogP contribution is 2.44. The van der Waals surface area contributed by atoms with Crippen LogP contribution in [0.1, 0.15) is 37.0 Å². The fourth-order valence-corrected chi connectivity index (χ4v) is 4.14. The Morgan fingerprint density at radius 1 is 1.23 bits per heavy atom. The third-order valence-corrected chi connectivity index (χ3v) is 5.53. The number of hydrogen-bond acceptors (Lipinski definition) is 5. The SMILES string of the molecule is CCOC(=O)[C@@]12CCCN(C(=O)c3ccncc3)C[C@@H]1CN(C(C)=O)C2. The highest BCUT2D eigenvalue weighted by molar-refractivity contribution is 5.94. The molecule has 0 N–H and O–H groups in total. The summed E-state index contributed by atoms with van der Waals surface area (Å²) in [6.07, 6.45) is 4.53. The van der Waals surface area contributed by atoms with E-state index in [4.69, 9.17) is 4.74 Å². The lowest BCUT2D eigenvalue weighted by molar-refractivity contribution is -0.157. The van der Waals surface area contributed by atoms with Crippen LogP contribution in [0.4, 0.5) is 0 Å². The van der Waals surface area contributed by atoms with Gasteiger partial charge < -0.3 is 14.5 Å². The maximum atomic E-state index is 12.9. The van der Waals surface area contributed by atoms with Gasteiger partial charge in [-0.05, 0) is 31.9 Å². The topological polar surface area (TPSA) is 79.8 Å². The molecule has 2 aliphatic rings. The first-order chi connectivity index (χ1) is 12.5. The van der Waals surface area contributed by atoms with Crippen molar-refractivity contribution in [2.75, 3.05) is 32.8 Å². The molecule has 3 heterocycles. The second-order valence-electron chi connectivity index (χ2n) is 7.06. The van der Waals surface area contributed by atoms with E-state index in [1.165, 1.54) is 6.92 Å². The molecule has 26 heavy (non-hydrogen) atoms. The van der Waals surface area contributed by atoms with Crippen LogP contribution in [0.25, 0.3) is 0 Å². The van der Waals surface area contributed by atoms with Crippen LogP contribution in [-0.2, 0) is 14.3 Å². The smallest absolute Gasteiger partial charge is 0.314 e. The molecule has 0 spiro atoms. The molecule has 7 heteroatoms. The van der Waals surface area contributed by atoms with Gasteiger partial charge in [0.2, 0.25) is 5.91 Å². The van der Waals surface area contributed by atoms with Crippen molar-refractivity contribution in [2.24, 2.45) is 11.3 Å². The van der Waals surface area contributed by atoms with Crippen LogP contribution in [0, 0.1) is 11.3 Å². The van der Waals surface area contributed by atoms with Crippen molar-refractivity contribution in [1.82, 2.24) is 14.8 Å². The minimum absolute atomic E-state index is 0.0474. The normalized spacial score (nSPS) is 25.4. The molecule has 7 nitrogen and oxygen atoms in total. The number of pyridine rings is 1. The zero-order chi connectivity index (χ0) is 18.7. The molecule has 0 aromatic carbocycles. The number of esters is 1. The monoisotopic (exact) mass is 359 g/mol. The summed E-state index contributed by atoms with van der Waals surface area (Å²) in [4.78, 5) is 45.0. The zero-order valence-electron chi connectivity index (χ0n) is 15.3. The number of carbonyl (C=O) groups excluding carboxylic acids is 3. The average Bonchev–Trinajstić information content (AvgIpc) is 2.91. The lowest BCUT2D eigenvalue weighted by Crippen LogP contribution is -2.43. The van der Waals surface area contributed by atoms with Gasteiger partial charge in [-0.1, -0.05) is 0 Å². The lowest BCUT2D eigenvalue weighted by Gasteiger charge is -2.31. The van der Waals surface area contributed by atoms with E-state index in [2.05, 4.69) is 4.98 Å². The highest BCUT2D eigenvalue weighted by atomic mass is 16.5. The van der Waals surface area contributed by atoms with Crippen LogP contribution >= 0.6 is 0 Å². The Labute approximate surface area is 153 Å². The largest absolute Gasteiger partial charge is 0.466 e. The van der Waals surface area contributed by atoms with E-state index in [9.17, 15) is 14.4 Å². The Balaban J connectivity index is 1.86. The fraction of sp³-hybridized carbons (Fsp3) is 0.579. The standard InChI is InChI=1S/C19H25N3O4/c1-3-26-18(25)19-7-4-10-21(17(24)15-5-8-20-9-6-15)11-16(19)12-22(13-19)14(2)23/h5-6,8-9,16H,3-4,7,10-13H2,1-2H3/t16-,19-/m1/s1. The van der Waals surface area contributed by atoms with E-state index >= 15 is 0 Å². The number of hydrogen-bond donors (Lipinski definition) is 0. The molecule has 2 fully saturated rings. The van der Waals surface area contributed by atoms with E-state index in [0.717, 1.165) is 0 Å². The summed E-state index contributed by atoms with van der Waals surface area (Å²) in [6, 6.07) is 3.39. The maximum absolute atomic E-state index is 12.9. The Bertz CT molecular complexity index is 693. The van der Waals surface area contributed by atoms with Crippen LogP contribution in [0.15, 0.2) is 24.5 Å². The number of ether oxygens (including phenoxy) is 1. The number of rotatable bonds is 3. The molecule has 0 unspecified atom stereocenters. The molecule has 2 aliphatic heterocycles. The van der Waals surface area contributed by atoms with Crippen molar-refractivity contribution < 1.29 is 19.1 Å². The van der Waals surface area contributed by atoms with Gasteiger partial charge in [-0.15, -0.1) is 0 Å². The van der Waals surface area contributed by atoms with Gasteiger partial charge in [-0.2, -0.15) is 0 Å². The first-order valence-corrected chi connectivity index (χ1v) is 9.10. The summed E-state index contributed by atoms with van der Waals surface area (Å²) in [5.41, 5.74) is -0.125. The van der Waals surface area contributed by atoms with Crippen LogP contribution in [-0.4, -0.2) is 65.4 Å². The van der Waals surface area contributed by atoms with E-state index in [1.807, 2.05) is 0 Å². The third-order valence-electron chi connectivity index (χ3n) is 5.53. The molecule has 2 saturated heterocycles. The first kappa shape index (κ1) is 18.4. The predicted molar refractivity (Wildman–Crippen MR) is 94.2 cm³/mol. The molecule has 2 atom stereocenters. The number of fused-ring (bicyclic) bond motifs is 1. The highest BCUT2D eigenvalue weighted by Gasteiger charge is 2.55. The number of carbonyl (C=O) groups is 3. The Morgan fingerprint density at radius 2 is 1.92 bits per heavy atom. The molecular weight excluding hydrogens is 334 g/mol. The summed E-state index contributed by atoms with van der Waals surface area (Å²) in [6.45, 7) is 5.52. The fourth-order valence-electron chi connectivity index (χ4n) is 4.14. The van der Waals surface area contributed by atoms with Crippen molar-refractivity contribution in [3.8, 4) is 0 Å². The molecule has 0 aliphatic carbocycles. The number of amides is 2. The minimum Gasteiger partial charge on any atom is -0.466 e. The predicted octanol–water partition coefficient (Wildman–Crippen LogP) is 1.35. The average molecular weight is 359 g/mol. The Hall–Kier alpha value is -2.44. The Kier molecular flexibility index (Phi) is 5.25. The van der Waals surface area contributed by atoms with Crippen molar-refractivity contribution in [3.63, 3.8) is 0 Å². The van der Waals surface area contributed by atoms with E-state index in [1.54, 1.807) is 41.2 Å². The molecule has 3 rings (SSSR count). The lowest BCUT2D eigenvalue weighted by atomic mass is 9.75. The second kappa shape index (κ2) is 7.43.